The van der Waals surface area contributed by atoms with Gasteiger partial charge in [0, 0.05) is 19.6 Å². The second-order valence-electron chi connectivity index (χ2n) is 5.03. The van der Waals surface area contributed by atoms with Crippen LogP contribution < -0.4 is 0 Å². The van der Waals surface area contributed by atoms with Crippen LogP contribution >= 0.6 is 0 Å². The summed E-state index contributed by atoms with van der Waals surface area (Å²) in [5, 5.41) is 7.51. The van der Waals surface area contributed by atoms with Crippen molar-refractivity contribution in [3.05, 3.63) is 35.9 Å². The van der Waals surface area contributed by atoms with Crippen molar-refractivity contribution in [2.75, 3.05) is 39.5 Å². The summed E-state index contributed by atoms with van der Waals surface area (Å²) in [7, 11) is 0. The third kappa shape index (κ3) is 5.80. The summed E-state index contributed by atoms with van der Waals surface area (Å²) in [6.07, 6.45) is 0. The van der Waals surface area contributed by atoms with Crippen LogP contribution in [0, 0.1) is 5.41 Å². The zero-order valence-electron chi connectivity index (χ0n) is 12.8. The number of esters is 2. The van der Waals surface area contributed by atoms with Gasteiger partial charge in [-0.25, -0.2) is 9.59 Å². The Morgan fingerprint density at radius 1 is 1.09 bits per heavy atom. The molecule has 23 heavy (non-hydrogen) atoms. The van der Waals surface area contributed by atoms with Crippen molar-refractivity contribution >= 4 is 17.7 Å². The number of benzene rings is 1. The highest BCUT2D eigenvalue weighted by molar-refractivity contribution is 6.61. The summed E-state index contributed by atoms with van der Waals surface area (Å²) in [4.78, 5) is 25.4. The average Bonchev–Trinajstić information content (AvgIpc) is 2.60. The van der Waals surface area contributed by atoms with Gasteiger partial charge in [0.1, 0.15) is 13.2 Å². The summed E-state index contributed by atoms with van der Waals surface area (Å²) in [6, 6.07) is 9.05. The lowest BCUT2D eigenvalue weighted by Crippen LogP contribution is -2.39. The molecule has 1 N–H and O–H groups in total. The minimum absolute atomic E-state index is 0.0170. The van der Waals surface area contributed by atoms with Gasteiger partial charge in [-0.2, -0.15) is 0 Å². The van der Waals surface area contributed by atoms with Gasteiger partial charge in [0.2, 0.25) is 5.71 Å². The first-order chi connectivity index (χ1) is 11.2. The Morgan fingerprint density at radius 2 is 1.74 bits per heavy atom. The van der Waals surface area contributed by atoms with Gasteiger partial charge in [-0.1, -0.05) is 30.3 Å². The Kier molecular flexibility index (Phi) is 6.71. The van der Waals surface area contributed by atoms with Crippen molar-refractivity contribution in [3.8, 4) is 0 Å². The highest BCUT2D eigenvalue weighted by Gasteiger charge is 2.22. The molecule has 0 amide bonds. The smallest absolute Gasteiger partial charge is 0.364 e. The monoisotopic (exact) mass is 320 g/mol. The van der Waals surface area contributed by atoms with E-state index >= 15 is 0 Å². The van der Waals surface area contributed by atoms with Crippen molar-refractivity contribution in [1.29, 1.82) is 5.41 Å². The molecule has 1 aromatic carbocycles. The van der Waals surface area contributed by atoms with Crippen molar-refractivity contribution < 1.29 is 23.8 Å². The quantitative estimate of drug-likeness (QED) is 0.450. The molecule has 0 unspecified atom stereocenters. The summed E-state index contributed by atoms with van der Waals surface area (Å²) >= 11 is 0. The van der Waals surface area contributed by atoms with Gasteiger partial charge in [-0.05, 0) is 5.56 Å². The third-order valence-electron chi connectivity index (χ3n) is 3.37. The highest BCUT2D eigenvalue weighted by Crippen LogP contribution is 2.01. The molecule has 0 spiro atoms. The van der Waals surface area contributed by atoms with Crippen LogP contribution in [0.4, 0.5) is 0 Å². The zero-order valence-corrected chi connectivity index (χ0v) is 12.8. The Morgan fingerprint density at radius 3 is 2.43 bits per heavy atom. The second kappa shape index (κ2) is 9.02. The largest absolute Gasteiger partial charge is 0.459 e. The summed E-state index contributed by atoms with van der Waals surface area (Å²) in [5.74, 6) is -1.94. The highest BCUT2D eigenvalue weighted by atomic mass is 16.6. The fourth-order valence-corrected chi connectivity index (χ4v) is 2.04. The van der Waals surface area contributed by atoms with E-state index in [1.807, 2.05) is 18.2 Å². The van der Waals surface area contributed by atoms with Crippen LogP contribution in [0.3, 0.4) is 0 Å². The number of morpholine rings is 1. The SMILES string of the molecule is N=C(C(=O)OCCN1CCOCC1)C(=O)OCc1ccccc1. The van der Waals surface area contributed by atoms with E-state index in [2.05, 4.69) is 4.90 Å². The van der Waals surface area contributed by atoms with Gasteiger partial charge in [0.15, 0.2) is 0 Å². The van der Waals surface area contributed by atoms with Crippen LogP contribution in [-0.4, -0.2) is 62.0 Å². The van der Waals surface area contributed by atoms with Gasteiger partial charge in [0.25, 0.3) is 0 Å². The number of carbonyl (C=O) groups is 2. The van der Waals surface area contributed by atoms with Gasteiger partial charge in [0.05, 0.1) is 13.2 Å². The van der Waals surface area contributed by atoms with E-state index in [0.717, 1.165) is 18.7 Å². The summed E-state index contributed by atoms with van der Waals surface area (Å²) in [6.45, 7) is 3.60. The van der Waals surface area contributed by atoms with E-state index in [9.17, 15) is 9.59 Å². The molecule has 1 fully saturated rings. The lowest BCUT2D eigenvalue weighted by Gasteiger charge is -2.26. The average molecular weight is 320 g/mol. The molecule has 0 atom stereocenters. The van der Waals surface area contributed by atoms with Gasteiger partial charge in [-0.15, -0.1) is 0 Å². The third-order valence-corrected chi connectivity index (χ3v) is 3.37. The molecular weight excluding hydrogens is 300 g/mol. The predicted molar refractivity (Wildman–Crippen MR) is 82.2 cm³/mol. The molecule has 0 aromatic heterocycles. The molecule has 0 radical (unpaired) electrons. The van der Waals surface area contributed by atoms with Crippen LogP contribution in [0.15, 0.2) is 30.3 Å². The molecule has 0 aliphatic carbocycles. The Labute approximate surface area is 134 Å². The van der Waals surface area contributed by atoms with Gasteiger partial charge < -0.3 is 14.2 Å². The lowest BCUT2D eigenvalue weighted by atomic mass is 10.2. The maximum absolute atomic E-state index is 11.6. The second-order valence-corrected chi connectivity index (χ2v) is 5.03. The van der Waals surface area contributed by atoms with Crippen LogP contribution in [0.25, 0.3) is 0 Å². The van der Waals surface area contributed by atoms with Gasteiger partial charge in [-0.3, -0.25) is 10.3 Å². The number of hydrogen-bond donors (Lipinski definition) is 1. The Balaban J connectivity index is 1.66. The fourth-order valence-electron chi connectivity index (χ4n) is 2.04. The first-order valence-corrected chi connectivity index (χ1v) is 7.43. The van der Waals surface area contributed by atoms with E-state index in [4.69, 9.17) is 19.6 Å². The lowest BCUT2D eigenvalue weighted by molar-refractivity contribution is -0.142. The molecule has 0 saturated carbocycles. The molecule has 0 bridgehead atoms. The Bertz CT molecular complexity index is 541. The first-order valence-electron chi connectivity index (χ1n) is 7.43. The first kappa shape index (κ1) is 17.1. The van der Waals surface area contributed by atoms with E-state index in [-0.39, 0.29) is 13.2 Å². The van der Waals surface area contributed by atoms with E-state index in [1.165, 1.54) is 0 Å². The van der Waals surface area contributed by atoms with E-state index in [0.29, 0.717) is 19.8 Å². The zero-order chi connectivity index (χ0) is 16.5. The van der Waals surface area contributed by atoms with Crippen LogP contribution in [0.1, 0.15) is 5.56 Å². The van der Waals surface area contributed by atoms with Crippen LogP contribution in [0.5, 0.6) is 0 Å². The van der Waals surface area contributed by atoms with Crippen molar-refractivity contribution in [2.45, 2.75) is 6.61 Å². The van der Waals surface area contributed by atoms with Crippen molar-refractivity contribution in [2.24, 2.45) is 0 Å². The molecule has 1 aliphatic heterocycles. The minimum atomic E-state index is -0.981. The molecule has 124 valence electrons. The number of nitrogens with zero attached hydrogens (tertiary/aromatic N) is 1. The Hall–Kier alpha value is -2.25. The molecule has 2 rings (SSSR count). The molecule has 1 aliphatic rings. The molecule has 1 saturated heterocycles. The van der Waals surface area contributed by atoms with E-state index in [1.54, 1.807) is 12.1 Å². The molecule has 7 nitrogen and oxygen atoms in total. The maximum Gasteiger partial charge on any atom is 0.364 e. The maximum atomic E-state index is 11.6. The van der Waals surface area contributed by atoms with Crippen LogP contribution in [0.2, 0.25) is 0 Å². The molecule has 1 aromatic rings. The fraction of sp³-hybridized carbons (Fsp3) is 0.438. The number of hydrogen-bond acceptors (Lipinski definition) is 7. The number of ether oxygens (including phenoxy) is 3. The number of carbonyl (C=O) groups excluding carboxylic acids is 2. The molecule has 7 heteroatoms. The molecular formula is C16H20N2O5. The topological polar surface area (TPSA) is 88.9 Å². The van der Waals surface area contributed by atoms with Crippen molar-refractivity contribution in [3.63, 3.8) is 0 Å². The summed E-state index contributed by atoms with van der Waals surface area (Å²) in [5.41, 5.74) is -0.00255. The predicted octanol–water partition coefficient (Wildman–Crippen LogP) is 0.625. The van der Waals surface area contributed by atoms with E-state index < -0.39 is 17.7 Å². The standard InChI is InChI=1S/C16H20N2O5/c17-14(16(20)23-12-13-4-2-1-3-5-13)15(19)22-11-8-18-6-9-21-10-7-18/h1-5,17H,6-12H2. The molecule has 1 heterocycles. The van der Waals surface area contributed by atoms with Gasteiger partial charge >= 0.3 is 11.9 Å². The number of nitrogens with one attached hydrogen (secondary N) is 1. The normalized spacial score (nSPS) is 15.0. The summed E-state index contributed by atoms with van der Waals surface area (Å²) < 4.78 is 15.1. The minimum Gasteiger partial charge on any atom is -0.459 e. The number of rotatable bonds is 7. The van der Waals surface area contributed by atoms with Crippen LogP contribution in [-0.2, 0) is 30.4 Å². The van der Waals surface area contributed by atoms with Crippen molar-refractivity contribution in [1.82, 2.24) is 4.90 Å².